The van der Waals surface area contributed by atoms with E-state index < -0.39 is 0 Å². The Morgan fingerprint density at radius 1 is 0.875 bits per heavy atom. The second-order valence-corrected chi connectivity index (χ2v) is 6.14. The van der Waals surface area contributed by atoms with Crippen LogP contribution < -0.4 is 0 Å². The third kappa shape index (κ3) is 5.95. The van der Waals surface area contributed by atoms with Gasteiger partial charge in [-0.25, -0.2) is 0 Å². The summed E-state index contributed by atoms with van der Waals surface area (Å²) in [6.45, 7) is 23.1. The molecule has 0 nitrogen and oxygen atoms in total. The van der Waals surface area contributed by atoms with Crippen LogP contribution in [-0.2, 0) is 0 Å². The fourth-order valence-electron chi connectivity index (χ4n) is 2.39. The zero-order valence-electron chi connectivity index (χ0n) is 11.8. The smallest absolute Gasteiger partial charge is 0.0271 e. The van der Waals surface area contributed by atoms with Crippen LogP contribution in [0, 0.1) is 11.3 Å². The van der Waals surface area contributed by atoms with Crippen LogP contribution in [0.15, 0.2) is 36.5 Å². The molecule has 0 aliphatic carbocycles. The maximum absolute atomic E-state index is 4.04. The van der Waals surface area contributed by atoms with Gasteiger partial charge in [0.1, 0.15) is 0 Å². The molecule has 0 aliphatic heterocycles. The van der Waals surface area contributed by atoms with Crippen molar-refractivity contribution < 1.29 is 0 Å². The fraction of sp³-hybridized carbons (Fsp3) is 0.625. The standard InChI is InChI=1S/C16H28/c1-12(2)9-15(10-13(3)4)16(7,8)11-14(5)6/h15H,1,3,5,9-11H2,2,4,6-8H3. The van der Waals surface area contributed by atoms with Crippen LogP contribution in [0.1, 0.15) is 53.9 Å². The molecule has 92 valence electrons. The second kappa shape index (κ2) is 6.08. The van der Waals surface area contributed by atoms with E-state index in [1.165, 1.54) is 16.7 Å². The largest absolute Gasteiger partial charge is 0.100 e. The van der Waals surface area contributed by atoms with Gasteiger partial charge in [0.05, 0.1) is 0 Å². The number of allylic oxidation sites excluding steroid dienone is 3. The third-order valence-corrected chi connectivity index (χ3v) is 3.05. The molecule has 0 unspecified atom stereocenters. The van der Waals surface area contributed by atoms with Crippen LogP contribution >= 0.6 is 0 Å². The molecule has 0 amide bonds. The minimum atomic E-state index is 0.281. The van der Waals surface area contributed by atoms with E-state index in [2.05, 4.69) is 54.4 Å². The van der Waals surface area contributed by atoms with E-state index in [0.29, 0.717) is 5.92 Å². The lowest BCUT2D eigenvalue weighted by atomic mass is 9.70. The Balaban J connectivity index is 4.77. The summed E-state index contributed by atoms with van der Waals surface area (Å²) in [4.78, 5) is 0. The molecule has 0 fully saturated rings. The van der Waals surface area contributed by atoms with Gasteiger partial charge in [0.2, 0.25) is 0 Å². The first-order valence-corrected chi connectivity index (χ1v) is 6.08. The lowest BCUT2D eigenvalue weighted by Crippen LogP contribution is -2.25. The molecule has 0 bridgehead atoms. The Bertz CT molecular complexity index is 262. The average molecular weight is 220 g/mol. The van der Waals surface area contributed by atoms with Crippen LogP contribution in [0.5, 0.6) is 0 Å². The van der Waals surface area contributed by atoms with Gasteiger partial charge in [0.15, 0.2) is 0 Å². The quantitative estimate of drug-likeness (QED) is 0.495. The van der Waals surface area contributed by atoms with E-state index in [1.807, 2.05) is 0 Å². The minimum absolute atomic E-state index is 0.281. The summed E-state index contributed by atoms with van der Waals surface area (Å²) in [6, 6.07) is 0. The summed E-state index contributed by atoms with van der Waals surface area (Å²) >= 11 is 0. The summed E-state index contributed by atoms with van der Waals surface area (Å²) in [5.74, 6) is 0.624. The molecule has 0 aromatic carbocycles. The van der Waals surface area contributed by atoms with Crippen molar-refractivity contribution in [3.05, 3.63) is 36.5 Å². The SMILES string of the molecule is C=C(C)CC(CC(=C)C)C(C)(C)CC(=C)C. The summed E-state index contributed by atoms with van der Waals surface area (Å²) in [7, 11) is 0. The van der Waals surface area contributed by atoms with E-state index in [-0.39, 0.29) is 5.41 Å². The van der Waals surface area contributed by atoms with Crippen molar-refractivity contribution in [1.29, 1.82) is 0 Å². The van der Waals surface area contributed by atoms with Crippen LogP contribution in [-0.4, -0.2) is 0 Å². The van der Waals surface area contributed by atoms with Gasteiger partial charge in [-0.3, -0.25) is 0 Å². The van der Waals surface area contributed by atoms with Crippen LogP contribution in [0.4, 0.5) is 0 Å². The van der Waals surface area contributed by atoms with E-state index in [9.17, 15) is 0 Å². The molecule has 0 saturated heterocycles. The Hall–Kier alpha value is -0.780. The summed E-state index contributed by atoms with van der Waals surface area (Å²) in [5.41, 5.74) is 4.07. The molecule has 0 radical (unpaired) electrons. The first-order valence-electron chi connectivity index (χ1n) is 6.08. The van der Waals surface area contributed by atoms with Crippen molar-refractivity contribution in [2.45, 2.75) is 53.9 Å². The maximum Gasteiger partial charge on any atom is -0.0271 e. The first-order chi connectivity index (χ1) is 7.15. The van der Waals surface area contributed by atoms with Gasteiger partial charge in [-0.1, -0.05) is 30.6 Å². The maximum atomic E-state index is 4.04. The van der Waals surface area contributed by atoms with E-state index in [0.717, 1.165) is 19.3 Å². The van der Waals surface area contributed by atoms with E-state index in [1.54, 1.807) is 0 Å². The fourth-order valence-corrected chi connectivity index (χ4v) is 2.39. The van der Waals surface area contributed by atoms with Crippen molar-refractivity contribution in [2.24, 2.45) is 11.3 Å². The molecular formula is C16H28. The normalized spacial score (nSPS) is 11.6. The molecule has 0 aromatic rings. The Kier molecular flexibility index (Phi) is 5.78. The lowest BCUT2D eigenvalue weighted by Gasteiger charge is -2.35. The van der Waals surface area contributed by atoms with Crippen molar-refractivity contribution in [3.8, 4) is 0 Å². The van der Waals surface area contributed by atoms with Gasteiger partial charge in [0.25, 0.3) is 0 Å². The zero-order valence-corrected chi connectivity index (χ0v) is 11.8. The monoisotopic (exact) mass is 220 g/mol. The average Bonchev–Trinajstić information content (AvgIpc) is 1.98. The zero-order chi connectivity index (χ0) is 12.9. The molecule has 0 heterocycles. The van der Waals surface area contributed by atoms with Gasteiger partial charge in [-0.05, 0) is 51.4 Å². The highest BCUT2D eigenvalue weighted by molar-refractivity contribution is 5.04. The van der Waals surface area contributed by atoms with Crippen molar-refractivity contribution in [1.82, 2.24) is 0 Å². The van der Waals surface area contributed by atoms with Crippen molar-refractivity contribution in [3.63, 3.8) is 0 Å². The van der Waals surface area contributed by atoms with Crippen LogP contribution in [0.2, 0.25) is 0 Å². The molecule has 0 saturated carbocycles. The predicted molar refractivity (Wildman–Crippen MR) is 75.6 cm³/mol. The highest BCUT2D eigenvalue weighted by Gasteiger charge is 2.29. The van der Waals surface area contributed by atoms with E-state index in [4.69, 9.17) is 0 Å². The number of hydrogen-bond acceptors (Lipinski definition) is 0. The second-order valence-electron chi connectivity index (χ2n) is 6.14. The number of rotatable bonds is 7. The molecule has 0 heteroatoms. The van der Waals surface area contributed by atoms with Gasteiger partial charge >= 0.3 is 0 Å². The molecule has 0 aliphatic rings. The summed E-state index contributed by atoms with van der Waals surface area (Å²) < 4.78 is 0. The van der Waals surface area contributed by atoms with Crippen molar-refractivity contribution >= 4 is 0 Å². The van der Waals surface area contributed by atoms with Gasteiger partial charge in [-0.15, -0.1) is 19.7 Å². The highest BCUT2D eigenvalue weighted by atomic mass is 14.3. The lowest BCUT2D eigenvalue weighted by molar-refractivity contribution is 0.207. The highest BCUT2D eigenvalue weighted by Crippen LogP contribution is 2.40. The molecule has 0 atom stereocenters. The van der Waals surface area contributed by atoms with Crippen LogP contribution in [0.25, 0.3) is 0 Å². The predicted octanol–water partition coefficient (Wildman–Crippen LogP) is 5.53. The topological polar surface area (TPSA) is 0 Å². The molecule has 0 rings (SSSR count). The Morgan fingerprint density at radius 3 is 1.50 bits per heavy atom. The van der Waals surface area contributed by atoms with Gasteiger partial charge in [-0.2, -0.15) is 0 Å². The van der Waals surface area contributed by atoms with Crippen molar-refractivity contribution in [2.75, 3.05) is 0 Å². The van der Waals surface area contributed by atoms with Crippen LogP contribution in [0.3, 0.4) is 0 Å². The van der Waals surface area contributed by atoms with Gasteiger partial charge < -0.3 is 0 Å². The first kappa shape index (κ1) is 15.2. The Morgan fingerprint density at radius 2 is 1.25 bits per heavy atom. The molecule has 0 N–H and O–H groups in total. The third-order valence-electron chi connectivity index (χ3n) is 3.05. The summed E-state index contributed by atoms with van der Waals surface area (Å²) in [6.07, 6.45) is 3.26. The summed E-state index contributed by atoms with van der Waals surface area (Å²) in [5, 5.41) is 0. The molecule has 0 aromatic heterocycles. The van der Waals surface area contributed by atoms with E-state index >= 15 is 0 Å². The minimum Gasteiger partial charge on any atom is -0.100 e. The number of hydrogen-bond donors (Lipinski definition) is 0. The Labute approximate surface area is 102 Å². The molecular weight excluding hydrogens is 192 g/mol. The van der Waals surface area contributed by atoms with Gasteiger partial charge in [0, 0.05) is 0 Å². The molecule has 0 spiro atoms. The molecule has 16 heavy (non-hydrogen) atoms.